The summed E-state index contributed by atoms with van der Waals surface area (Å²) in [6.45, 7) is 7.20. The first-order valence-corrected chi connectivity index (χ1v) is 13.4. The molecule has 1 unspecified atom stereocenters. The topological polar surface area (TPSA) is 126 Å². The second-order valence-electron chi connectivity index (χ2n) is 9.70. The highest BCUT2D eigenvalue weighted by molar-refractivity contribution is 5.95. The fraction of sp³-hybridized carbons (Fsp3) is 0.433. The standard InChI is InChI=1S/C30H39N5O3/c1-4-5-6-29-34-27(20-35(29)15-14-31)23-9-7-22(8-10-23)17-26(13-16-36)33-30(37)24-11-12-28(38-21(2)3)25(18-24)19-32/h7-12,18,20-21,26,36H,4-6,13-17,31H2,1-3H3,(H,33,37). The van der Waals surface area contributed by atoms with Crippen LogP contribution in [0.3, 0.4) is 0 Å². The molecule has 1 aromatic heterocycles. The summed E-state index contributed by atoms with van der Waals surface area (Å²) in [5.74, 6) is 1.22. The Labute approximate surface area is 225 Å². The molecular weight excluding hydrogens is 478 g/mol. The number of nitrogens with one attached hydrogen (secondary N) is 1. The summed E-state index contributed by atoms with van der Waals surface area (Å²) in [6.07, 6.45) is 6.10. The van der Waals surface area contributed by atoms with E-state index in [2.05, 4.69) is 29.1 Å². The first kappa shape index (κ1) is 28.9. The minimum absolute atomic E-state index is 0.0489. The van der Waals surface area contributed by atoms with Crippen LogP contribution >= 0.6 is 0 Å². The maximum Gasteiger partial charge on any atom is 0.251 e. The molecule has 8 nitrogen and oxygen atoms in total. The van der Waals surface area contributed by atoms with E-state index in [0.29, 0.717) is 36.3 Å². The van der Waals surface area contributed by atoms with E-state index in [1.165, 1.54) is 6.07 Å². The Hall–Kier alpha value is -3.67. The van der Waals surface area contributed by atoms with Crippen LogP contribution in [0.15, 0.2) is 48.7 Å². The summed E-state index contributed by atoms with van der Waals surface area (Å²) < 4.78 is 7.79. The molecule has 0 spiro atoms. The number of aryl methyl sites for hydroxylation is 1. The van der Waals surface area contributed by atoms with Crippen LogP contribution in [0.2, 0.25) is 0 Å². The van der Waals surface area contributed by atoms with Crippen LogP contribution in [0.4, 0.5) is 0 Å². The summed E-state index contributed by atoms with van der Waals surface area (Å²) in [7, 11) is 0. The Bertz CT molecular complexity index is 1230. The normalized spacial score (nSPS) is 11.8. The molecule has 3 aromatic rings. The van der Waals surface area contributed by atoms with Gasteiger partial charge in [-0.3, -0.25) is 4.79 Å². The molecule has 0 radical (unpaired) electrons. The van der Waals surface area contributed by atoms with Crippen molar-refractivity contribution in [3.05, 3.63) is 71.2 Å². The number of carbonyl (C=O) groups is 1. The molecule has 1 atom stereocenters. The van der Waals surface area contributed by atoms with Gasteiger partial charge in [-0.2, -0.15) is 5.26 Å². The largest absolute Gasteiger partial charge is 0.490 e. The molecule has 0 saturated carbocycles. The predicted molar refractivity (Wildman–Crippen MR) is 149 cm³/mol. The molecule has 0 fully saturated rings. The first-order valence-electron chi connectivity index (χ1n) is 13.4. The maximum atomic E-state index is 13.0. The molecule has 4 N–H and O–H groups in total. The van der Waals surface area contributed by atoms with Gasteiger partial charge < -0.3 is 25.5 Å². The number of aliphatic hydroxyl groups excluding tert-OH is 1. The van der Waals surface area contributed by atoms with E-state index in [4.69, 9.17) is 15.5 Å². The van der Waals surface area contributed by atoms with E-state index >= 15 is 0 Å². The molecule has 0 aliphatic heterocycles. The van der Waals surface area contributed by atoms with E-state index in [-0.39, 0.29) is 24.7 Å². The molecule has 8 heteroatoms. The first-order chi connectivity index (χ1) is 18.4. The lowest BCUT2D eigenvalue weighted by molar-refractivity contribution is 0.0930. The Morgan fingerprint density at radius 2 is 2.00 bits per heavy atom. The third kappa shape index (κ3) is 7.91. The van der Waals surface area contributed by atoms with Crippen molar-refractivity contribution in [2.24, 2.45) is 5.73 Å². The van der Waals surface area contributed by atoms with Gasteiger partial charge in [0.2, 0.25) is 0 Å². The average Bonchev–Trinajstić information content (AvgIpc) is 3.30. The number of hydrogen-bond acceptors (Lipinski definition) is 6. The van der Waals surface area contributed by atoms with E-state index in [1.807, 2.05) is 38.1 Å². The van der Waals surface area contributed by atoms with Crippen molar-refractivity contribution in [3.63, 3.8) is 0 Å². The lowest BCUT2D eigenvalue weighted by Gasteiger charge is -2.19. The number of nitrogens with zero attached hydrogens (tertiary/aromatic N) is 3. The van der Waals surface area contributed by atoms with Gasteiger partial charge in [-0.05, 0) is 56.9 Å². The van der Waals surface area contributed by atoms with Gasteiger partial charge in [0.15, 0.2) is 0 Å². The van der Waals surface area contributed by atoms with Crippen molar-refractivity contribution in [2.45, 2.75) is 71.6 Å². The van der Waals surface area contributed by atoms with Crippen molar-refractivity contribution >= 4 is 5.91 Å². The Morgan fingerprint density at radius 1 is 1.24 bits per heavy atom. The number of carbonyl (C=O) groups excluding carboxylic acids is 1. The van der Waals surface area contributed by atoms with Crippen LogP contribution in [0.5, 0.6) is 5.75 Å². The van der Waals surface area contributed by atoms with Crippen LogP contribution in [-0.2, 0) is 19.4 Å². The molecule has 3 rings (SSSR count). The molecule has 202 valence electrons. The highest BCUT2D eigenvalue weighted by atomic mass is 16.5. The smallest absolute Gasteiger partial charge is 0.251 e. The summed E-state index contributed by atoms with van der Waals surface area (Å²) in [5, 5.41) is 22.1. The number of aromatic nitrogens is 2. The van der Waals surface area contributed by atoms with Gasteiger partial charge in [0, 0.05) is 49.5 Å². The average molecular weight is 518 g/mol. The van der Waals surface area contributed by atoms with Crippen molar-refractivity contribution in [2.75, 3.05) is 13.2 Å². The molecule has 2 aromatic carbocycles. The van der Waals surface area contributed by atoms with Gasteiger partial charge in [-0.15, -0.1) is 0 Å². The van der Waals surface area contributed by atoms with E-state index in [1.54, 1.807) is 12.1 Å². The summed E-state index contributed by atoms with van der Waals surface area (Å²) in [6, 6.07) is 14.8. The number of benzene rings is 2. The monoisotopic (exact) mass is 517 g/mol. The summed E-state index contributed by atoms with van der Waals surface area (Å²) in [4.78, 5) is 17.8. The van der Waals surface area contributed by atoms with Gasteiger partial charge >= 0.3 is 0 Å². The Morgan fingerprint density at radius 3 is 2.63 bits per heavy atom. The van der Waals surface area contributed by atoms with E-state index < -0.39 is 0 Å². The molecule has 0 saturated heterocycles. The van der Waals surface area contributed by atoms with Gasteiger partial charge in [-0.25, -0.2) is 4.98 Å². The number of hydrogen-bond donors (Lipinski definition) is 3. The third-order valence-corrected chi connectivity index (χ3v) is 6.25. The number of rotatable bonds is 14. The summed E-state index contributed by atoms with van der Waals surface area (Å²) in [5.41, 5.74) is 9.47. The van der Waals surface area contributed by atoms with Crippen LogP contribution in [0, 0.1) is 11.3 Å². The number of imidazole rings is 1. The SMILES string of the molecule is CCCCc1nc(-c2ccc(CC(CCO)NC(=O)c3ccc(OC(C)C)c(C#N)c3)cc2)cn1CCN. The fourth-order valence-corrected chi connectivity index (χ4v) is 4.32. The zero-order chi connectivity index (χ0) is 27.5. The minimum atomic E-state index is -0.294. The number of nitrogens with two attached hydrogens (primary N) is 1. The van der Waals surface area contributed by atoms with Crippen molar-refractivity contribution in [3.8, 4) is 23.1 Å². The van der Waals surface area contributed by atoms with E-state index in [0.717, 1.165) is 48.5 Å². The number of unbranched alkanes of at least 4 members (excludes halogenated alkanes) is 1. The lowest BCUT2D eigenvalue weighted by Crippen LogP contribution is -2.37. The molecule has 0 bridgehead atoms. The Balaban J connectivity index is 1.70. The highest BCUT2D eigenvalue weighted by Gasteiger charge is 2.17. The van der Waals surface area contributed by atoms with E-state index in [9.17, 15) is 15.2 Å². The van der Waals surface area contributed by atoms with Crippen LogP contribution in [0.1, 0.15) is 67.3 Å². The molecule has 0 aliphatic rings. The Kier molecular flexibility index (Phi) is 10.9. The fourth-order valence-electron chi connectivity index (χ4n) is 4.32. The van der Waals surface area contributed by atoms with Crippen LogP contribution in [-0.4, -0.2) is 45.9 Å². The van der Waals surface area contributed by atoms with Crippen molar-refractivity contribution in [1.82, 2.24) is 14.9 Å². The highest BCUT2D eigenvalue weighted by Crippen LogP contribution is 2.23. The number of aliphatic hydroxyl groups is 1. The zero-order valence-corrected chi connectivity index (χ0v) is 22.6. The number of amides is 1. The van der Waals surface area contributed by atoms with Gasteiger partial charge in [0.1, 0.15) is 17.6 Å². The van der Waals surface area contributed by atoms with Gasteiger partial charge in [-0.1, -0.05) is 37.6 Å². The molecule has 0 aliphatic carbocycles. The minimum Gasteiger partial charge on any atom is -0.490 e. The summed E-state index contributed by atoms with van der Waals surface area (Å²) >= 11 is 0. The van der Waals surface area contributed by atoms with Crippen molar-refractivity contribution < 1.29 is 14.6 Å². The lowest BCUT2D eigenvalue weighted by atomic mass is 10.0. The number of ether oxygens (including phenoxy) is 1. The predicted octanol–water partition coefficient (Wildman–Crippen LogP) is 4.23. The second-order valence-corrected chi connectivity index (χ2v) is 9.70. The molecule has 38 heavy (non-hydrogen) atoms. The molecular formula is C30H39N5O3. The number of nitriles is 1. The van der Waals surface area contributed by atoms with Gasteiger partial charge in [0.25, 0.3) is 5.91 Å². The van der Waals surface area contributed by atoms with Crippen LogP contribution < -0.4 is 15.8 Å². The van der Waals surface area contributed by atoms with Crippen LogP contribution in [0.25, 0.3) is 11.3 Å². The quantitative estimate of drug-likeness (QED) is 0.294. The maximum absolute atomic E-state index is 13.0. The van der Waals surface area contributed by atoms with Crippen molar-refractivity contribution in [1.29, 1.82) is 5.26 Å². The van der Waals surface area contributed by atoms with Gasteiger partial charge in [0.05, 0.1) is 17.4 Å². The second kappa shape index (κ2) is 14.3. The molecule has 1 amide bonds. The molecule has 1 heterocycles. The third-order valence-electron chi connectivity index (χ3n) is 6.25. The zero-order valence-electron chi connectivity index (χ0n) is 22.6.